The van der Waals surface area contributed by atoms with Crippen LogP contribution in [0.3, 0.4) is 0 Å². The van der Waals surface area contributed by atoms with Crippen LogP contribution in [-0.2, 0) is 0 Å². The van der Waals surface area contributed by atoms with Gasteiger partial charge in [-0.25, -0.2) is 0 Å². The molecule has 4 nitrogen and oxygen atoms in total. The number of hydrogen-bond acceptors (Lipinski definition) is 4. The van der Waals surface area contributed by atoms with Crippen molar-refractivity contribution in [3.8, 4) is 34.1 Å². The number of methoxy groups -OCH3 is 4. The number of hydrogen-bond donors (Lipinski definition) is 0. The molecule has 29 heavy (non-hydrogen) atoms. The molecule has 3 rings (SSSR count). The van der Waals surface area contributed by atoms with E-state index in [1.165, 1.54) is 0 Å². The van der Waals surface area contributed by atoms with Gasteiger partial charge < -0.3 is 18.9 Å². The topological polar surface area (TPSA) is 36.9 Å². The van der Waals surface area contributed by atoms with Crippen LogP contribution in [-0.4, -0.2) is 28.4 Å². The van der Waals surface area contributed by atoms with E-state index in [0.29, 0.717) is 22.3 Å². The van der Waals surface area contributed by atoms with Crippen molar-refractivity contribution in [2.45, 2.75) is 0 Å². The van der Waals surface area contributed by atoms with Gasteiger partial charge in [-0.1, -0.05) is 48.0 Å². The lowest BCUT2D eigenvalue weighted by molar-refractivity contribution is 0.325. The van der Waals surface area contributed by atoms with Crippen LogP contribution in [0.1, 0.15) is 11.1 Å². The second-order valence-electron chi connectivity index (χ2n) is 6.22. The van der Waals surface area contributed by atoms with Crippen molar-refractivity contribution in [3.05, 3.63) is 70.7 Å². The van der Waals surface area contributed by atoms with Crippen LogP contribution >= 0.6 is 11.6 Å². The maximum atomic E-state index is 6.08. The summed E-state index contributed by atoms with van der Waals surface area (Å²) in [6.07, 6.45) is 4.05. The third-order valence-corrected chi connectivity index (χ3v) is 4.82. The molecule has 0 saturated carbocycles. The molecule has 0 aromatic heterocycles. The molecular weight excluding hydrogens is 388 g/mol. The Hall–Kier alpha value is -3.11. The van der Waals surface area contributed by atoms with Crippen molar-refractivity contribution >= 4 is 23.8 Å². The Morgan fingerprint density at radius 1 is 0.690 bits per heavy atom. The highest BCUT2D eigenvalue weighted by Gasteiger charge is 2.20. The second-order valence-corrected chi connectivity index (χ2v) is 6.66. The van der Waals surface area contributed by atoms with E-state index in [1.54, 1.807) is 28.4 Å². The highest BCUT2D eigenvalue weighted by molar-refractivity contribution is 6.30. The molecule has 3 aromatic rings. The van der Waals surface area contributed by atoms with Crippen molar-refractivity contribution in [3.63, 3.8) is 0 Å². The lowest BCUT2D eigenvalue weighted by Crippen LogP contribution is -1.99. The Bertz CT molecular complexity index is 993. The first-order valence-corrected chi connectivity index (χ1v) is 9.40. The fourth-order valence-electron chi connectivity index (χ4n) is 3.12. The first kappa shape index (κ1) is 20.6. The van der Waals surface area contributed by atoms with Crippen molar-refractivity contribution in [1.82, 2.24) is 0 Å². The molecule has 0 fully saturated rings. The average molecular weight is 411 g/mol. The molecule has 0 aliphatic rings. The molecule has 0 saturated heterocycles. The second kappa shape index (κ2) is 9.39. The van der Waals surface area contributed by atoms with Gasteiger partial charge in [-0.2, -0.15) is 0 Å². The van der Waals surface area contributed by atoms with Crippen LogP contribution in [0.5, 0.6) is 23.0 Å². The summed E-state index contributed by atoms with van der Waals surface area (Å²) in [7, 11) is 6.47. The van der Waals surface area contributed by atoms with Crippen LogP contribution in [0.4, 0.5) is 0 Å². The number of ether oxygens (including phenoxy) is 4. The summed E-state index contributed by atoms with van der Waals surface area (Å²) in [4.78, 5) is 0. The molecule has 0 spiro atoms. The predicted molar refractivity (Wildman–Crippen MR) is 118 cm³/mol. The van der Waals surface area contributed by atoms with Crippen LogP contribution < -0.4 is 18.9 Å². The zero-order chi connectivity index (χ0) is 20.8. The minimum Gasteiger partial charge on any atom is -0.497 e. The molecular formula is C24H23ClO4. The molecule has 0 aliphatic carbocycles. The van der Waals surface area contributed by atoms with Gasteiger partial charge in [-0.3, -0.25) is 0 Å². The Morgan fingerprint density at radius 2 is 1.34 bits per heavy atom. The molecule has 0 bridgehead atoms. The van der Waals surface area contributed by atoms with Gasteiger partial charge in [0.15, 0.2) is 11.5 Å². The maximum Gasteiger partial charge on any atom is 0.203 e. The van der Waals surface area contributed by atoms with Gasteiger partial charge in [0.05, 0.1) is 28.4 Å². The molecule has 0 atom stereocenters. The first-order chi connectivity index (χ1) is 14.1. The third kappa shape index (κ3) is 4.49. The number of rotatable bonds is 7. The Labute approximate surface area is 176 Å². The van der Waals surface area contributed by atoms with Gasteiger partial charge >= 0.3 is 0 Å². The summed E-state index contributed by atoms with van der Waals surface area (Å²) in [6.45, 7) is 0. The normalized spacial score (nSPS) is 10.8. The van der Waals surface area contributed by atoms with E-state index in [-0.39, 0.29) is 0 Å². The number of halogens is 1. The molecule has 5 heteroatoms. The smallest absolute Gasteiger partial charge is 0.203 e. The highest BCUT2D eigenvalue weighted by atomic mass is 35.5. The molecule has 0 aliphatic heterocycles. The fraction of sp³-hybridized carbons (Fsp3) is 0.167. The largest absolute Gasteiger partial charge is 0.497 e. The average Bonchev–Trinajstić information content (AvgIpc) is 2.77. The van der Waals surface area contributed by atoms with Gasteiger partial charge in [0.25, 0.3) is 0 Å². The summed E-state index contributed by atoms with van der Waals surface area (Å²) < 4.78 is 22.1. The summed E-state index contributed by atoms with van der Waals surface area (Å²) >= 11 is 6.08. The van der Waals surface area contributed by atoms with E-state index < -0.39 is 0 Å². The van der Waals surface area contributed by atoms with Crippen LogP contribution in [0.25, 0.3) is 23.3 Å². The van der Waals surface area contributed by atoms with Gasteiger partial charge in [0.2, 0.25) is 5.75 Å². The van der Waals surface area contributed by atoms with E-state index in [4.69, 9.17) is 30.5 Å². The molecule has 0 N–H and O–H groups in total. The predicted octanol–water partition coefficient (Wildman–Crippen LogP) is 6.21. The Morgan fingerprint density at radius 3 is 1.90 bits per heavy atom. The maximum absolute atomic E-state index is 6.08. The van der Waals surface area contributed by atoms with Crippen molar-refractivity contribution < 1.29 is 18.9 Å². The van der Waals surface area contributed by atoms with Gasteiger partial charge in [0, 0.05) is 10.6 Å². The molecule has 0 unspecified atom stereocenters. The summed E-state index contributed by atoms with van der Waals surface area (Å²) in [5.74, 6) is 2.55. The fourth-order valence-corrected chi connectivity index (χ4v) is 3.25. The Balaban J connectivity index is 2.17. The third-order valence-electron chi connectivity index (χ3n) is 4.56. The summed E-state index contributed by atoms with van der Waals surface area (Å²) in [6, 6.07) is 17.4. The van der Waals surface area contributed by atoms with E-state index in [2.05, 4.69) is 0 Å². The molecule has 0 radical (unpaired) electrons. The summed E-state index contributed by atoms with van der Waals surface area (Å²) in [5.41, 5.74) is 3.83. The minimum absolute atomic E-state index is 0.543. The van der Waals surface area contributed by atoms with Crippen LogP contribution in [0.2, 0.25) is 5.02 Å². The van der Waals surface area contributed by atoms with E-state index in [1.807, 2.05) is 66.7 Å². The highest BCUT2D eigenvalue weighted by Crippen LogP contribution is 2.47. The summed E-state index contributed by atoms with van der Waals surface area (Å²) in [5, 5.41) is 0.670. The van der Waals surface area contributed by atoms with E-state index in [0.717, 1.165) is 28.0 Å². The van der Waals surface area contributed by atoms with Gasteiger partial charge in [0.1, 0.15) is 5.75 Å². The van der Waals surface area contributed by atoms with Crippen LogP contribution in [0, 0.1) is 0 Å². The molecule has 0 amide bonds. The van der Waals surface area contributed by atoms with Crippen molar-refractivity contribution in [2.75, 3.05) is 28.4 Å². The first-order valence-electron chi connectivity index (χ1n) is 9.02. The standard InChI is InChI=1S/C24H23ClO4/c1-26-20-13-6-16(7-14-20)5-8-18-15-21(27-2)23(28-3)24(29-4)22(18)17-9-11-19(25)12-10-17/h5-15H,1-4H3/b8-5+. The van der Waals surface area contributed by atoms with Crippen LogP contribution in [0.15, 0.2) is 54.6 Å². The zero-order valence-electron chi connectivity index (χ0n) is 16.9. The number of benzene rings is 3. The zero-order valence-corrected chi connectivity index (χ0v) is 17.6. The van der Waals surface area contributed by atoms with E-state index >= 15 is 0 Å². The lowest BCUT2D eigenvalue weighted by atomic mass is 9.96. The Kier molecular flexibility index (Phi) is 6.68. The lowest BCUT2D eigenvalue weighted by Gasteiger charge is -2.19. The quantitative estimate of drug-likeness (QED) is 0.434. The van der Waals surface area contributed by atoms with Gasteiger partial charge in [-0.15, -0.1) is 0 Å². The van der Waals surface area contributed by atoms with Gasteiger partial charge in [-0.05, 0) is 47.0 Å². The molecule has 150 valence electrons. The van der Waals surface area contributed by atoms with E-state index in [9.17, 15) is 0 Å². The minimum atomic E-state index is 0.543. The van der Waals surface area contributed by atoms with Crippen molar-refractivity contribution in [2.24, 2.45) is 0 Å². The van der Waals surface area contributed by atoms with Crippen molar-refractivity contribution in [1.29, 1.82) is 0 Å². The molecule has 0 heterocycles. The molecule has 3 aromatic carbocycles. The monoisotopic (exact) mass is 410 g/mol. The SMILES string of the molecule is COc1ccc(/C=C/c2cc(OC)c(OC)c(OC)c2-c2ccc(Cl)cc2)cc1.